The Morgan fingerprint density at radius 1 is 1.04 bits per heavy atom. The van der Waals surface area contributed by atoms with Gasteiger partial charge >= 0.3 is 0 Å². The molecule has 1 aliphatic rings. The average molecular weight is 355 g/mol. The van der Waals surface area contributed by atoms with Gasteiger partial charge in [0.2, 0.25) is 0 Å². The number of anilines is 1. The molecular weight excluding hydrogens is 334 g/mol. The molecule has 0 unspecified atom stereocenters. The summed E-state index contributed by atoms with van der Waals surface area (Å²) in [6.45, 7) is 1.67. The number of methoxy groups -OCH3 is 2. The number of nitrogens with one attached hydrogen (secondary N) is 1. The van der Waals surface area contributed by atoms with Crippen LogP contribution in [0.3, 0.4) is 0 Å². The molecular formula is C20H21NO5. The third-order valence-electron chi connectivity index (χ3n) is 4.36. The summed E-state index contributed by atoms with van der Waals surface area (Å²) in [5, 5.41) is 2.80. The molecule has 0 aromatic heterocycles. The highest BCUT2D eigenvalue weighted by Gasteiger charge is 2.24. The highest BCUT2D eigenvalue weighted by molar-refractivity contribution is 6.01. The zero-order valence-corrected chi connectivity index (χ0v) is 15.0. The van der Waals surface area contributed by atoms with Crippen molar-refractivity contribution in [1.29, 1.82) is 0 Å². The van der Waals surface area contributed by atoms with E-state index in [1.54, 1.807) is 50.4 Å². The van der Waals surface area contributed by atoms with Gasteiger partial charge in [-0.3, -0.25) is 9.59 Å². The first-order chi connectivity index (χ1) is 12.5. The first-order valence-electron chi connectivity index (χ1n) is 8.38. The zero-order chi connectivity index (χ0) is 18.7. The summed E-state index contributed by atoms with van der Waals surface area (Å²) in [7, 11) is 3.08. The maximum absolute atomic E-state index is 12.5. The molecule has 6 heteroatoms. The third-order valence-corrected chi connectivity index (χ3v) is 4.36. The number of carbonyl (C=O) groups excluding carboxylic acids is 2. The molecule has 1 N–H and O–H groups in total. The lowest BCUT2D eigenvalue weighted by Gasteiger charge is -2.17. The van der Waals surface area contributed by atoms with Crippen LogP contribution in [0.5, 0.6) is 17.2 Å². The molecule has 0 spiro atoms. The van der Waals surface area contributed by atoms with Crippen molar-refractivity contribution < 1.29 is 23.8 Å². The van der Waals surface area contributed by atoms with E-state index in [9.17, 15) is 9.59 Å². The summed E-state index contributed by atoms with van der Waals surface area (Å²) in [5.74, 6) is 1.52. The SMILES string of the molecule is COc1ccc(NC(=O)[C@@H](C)Oc2cccc3c2CCC3=O)cc1OC. The summed E-state index contributed by atoms with van der Waals surface area (Å²) < 4.78 is 16.2. The predicted octanol–water partition coefficient (Wildman–Crippen LogP) is 3.24. The quantitative estimate of drug-likeness (QED) is 0.861. The number of carbonyl (C=O) groups is 2. The fraction of sp³-hybridized carbons (Fsp3) is 0.300. The zero-order valence-electron chi connectivity index (χ0n) is 15.0. The lowest BCUT2D eigenvalue weighted by atomic mass is 10.1. The standard InChI is InChI=1S/C20H21NO5/c1-12(26-17-6-4-5-14-15(17)8-9-16(14)22)20(23)21-13-7-10-18(24-2)19(11-13)25-3/h4-7,10-12H,8-9H2,1-3H3,(H,21,23)/t12-/m1/s1. The van der Waals surface area contributed by atoms with Gasteiger partial charge < -0.3 is 19.5 Å². The molecule has 0 saturated carbocycles. The molecule has 3 rings (SSSR count). The van der Waals surface area contributed by atoms with Crippen molar-refractivity contribution in [1.82, 2.24) is 0 Å². The molecule has 0 bridgehead atoms. The molecule has 0 radical (unpaired) electrons. The first kappa shape index (κ1) is 17.8. The second-order valence-corrected chi connectivity index (χ2v) is 6.02. The molecule has 2 aromatic carbocycles. The van der Waals surface area contributed by atoms with Crippen LogP contribution in [0.2, 0.25) is 0 Å². The average Bonchev–Trinajstić information content (AvgIpc) is 3.03. The van der Waals surface area contributed by atoms with E-state index < -0.39 is 6.10 Å². The van der Waals surface area contributed by atoms with Crippen molar-refractivity contribution in [2.45, 2.75) is 25.9 Å². The number of ketones is 1. The smallest absolute Gasteiger partial charge is 0.265 e. The van der Waals surface area contributed by atoms with Crippen molar-refractivity contribution in [2.75, 3.05) is 19.5 Å². The Morgan fingerprint density at radius 2 is 1.81 bits per heavy atom. The monoisotopic (exact) mass is 355 g/mol. The Kier molecular flexibility index (Phi) is 5.11. The molecule has 6 nitrogen and oxygen atoms in total. The van der Waals surface area contributed by atoms with Crippen molar-refractivity contribution in [3.8, 4) is 17.2 Å². The maximum Gasteiger partial charge on any atom is 0.265 e. The van der Waals surface area contributed by atoms with Gasteiger partial charge in [-0.25, -0.2) is 0 Å². The Balaban J connectivity index is 1.70. The van der Waals surface area contributed by atoms with Crippen molar-refractivity contribution in [2.24, 2.45) is 0 Å². The van der Waals surface area contributed by atoms with Crippen molar-refractivity contribution in [3.63, 3.8) is 0 Å². The number of amides is 1. The maximum atomic E-state index is 12.5. The minimum Gasteiger partial charge on any atom is -0.493 e. The number of ether oxygens (including phenoxy) is 3. The van der Waals surface area contributed by atoms with Crippen LogP contribution in [0.4, 0.5) is 5.69 Å². The summed E-state index contributed by atoms with van der Waals surface area (Å²) in [6.07, 6.45) is 0.418. The molecule has 1 amide bonds. The fourth-order valence-corrected chi connectivity index (χ4v) is 2.97. The van der Waals surface area contributed by atoms with Crippen molar-refractivity contribution in [3.05, 3.63) is 47.5 Å². The van der Waals surface area contributed by atoms with E-state index >= 15 is 0 Å². The Morgan fingerprint density at radius 3 is 2.54 bits per heavy atom. The normalized spacial score (nSPS) is 13.7. The van der Waals surface area contributed by atoms with Crippen LogP contribution in [0.25, 0.3) is 0 Å². The van der Waals surface area contributed by atoms with Gasteiger partial charge in [0.25, 0.3) is 5.91 Å². The Labute approximate surface area is 152 Å². The topological polar surface area (TPSA) is 73.9 Å². The van der Waals surface area contributed by atoms with Crippen LogP contribution in [-0.2, 0) is 11.2 Å². The minimum atomic E-state index is -0.717. The largest absolute Gasteiger partial charge is 0.493 e. The molecule has 136 valence electrons. The lowest BCUT2D eigenvalue weighted by Crippen LogP contribution is -2.30. The van der Waals surface area contributed by atoms with Gasteiger partial charge in [-0.1, -0.05) is 12.1 Å². The lowest BCUT2D eigenvalue weighted by molar-refractivity contribution is -0.122. The summed E-state index contributed by atoms with van der Waals surface area (Å²) in [4.78, 5) is 24.3. The van der Waals surface area contributed by atoms with Gasteiger partial charge in [-0.2, -0.15) is 0 Å². The number of hydrogen-bond donors (Lipinski definition) is 1. The number of hydrogen-bond acceptors (Lipinski definition) is 5. The number of benzene rings is 2. The molecule has 0 aliphatic heterocycles. The van der Waals surface area contributed by atoms with E-state index in [-0.39, 0.29) is 11.7 Å². The van der Waals surface area contributed by atoms with Gasteiger partial charge in [0.1, 0.15) is 5.75 Å². The number of fused-ring (bicyclic) bond motifs is 1. The van der Waals surface area contributed by atoms with Crippen LogP contribution in [-0.4, -0.2) is 32.0 Å². The Bertz CT molecular complexity index is 846. The second-order valence-electron chi connectivity index (χ2n) is 6.02. The molecule has 1 aliphatic carbocycles. The molecule has 1 atom stereocenters. The highest BCUT2D eigenvalue weighted by atomic mass is 16.5. The molecule has 0 saturated heterocycles. The highest BCUT2D eigenvalue weighted by Crippen LogP contribution is 2.32. The molecule has 0 heterocycles. The van der Waals surface area contributed by atoms with E-state index in [1.165, 1.54) is 7.11 Å². The molecule has 2 aromatic rings. The minimum absolute atomic E-state index is 0.118. The van der Waals surface area contributed by atoms with Crippen LogP contribution >= 0.6 is 0 Å². The first-order valence-corrected chi connectivity index (χ1v) is 8.38. The van der Waals surface area contributed by atoms with Crippen LogP contribution in [0.1, 0.15) is 29.3 Å². The van der Waals surface area contributed by atoms with E-state index in [0.29, 0.717) is 41.3 Å². The molecule has 0 fully saturated rings. The second kappa shape index (κ2) is 7.47. The van der Waals surface area contributed by atoms with Gasteiger partial charge in [-0.15, -0.1) is 0 Å². The van der Waals surface area contributed by atoms with Crippen LogP contribution in [0, 0.1) is 0 Å². The summed E-state index contributed by atoms with van der Waals surface area (Å²) >= 11 is 0. The van der Waals surface area contributed by atoms with Gasteiger partial charge in [0.05, 0.1) is 14.2 Å². The summed E-state index contributed by atoms with van der Waals surface area (Å²) in [5.41, 5.74) is 2.15. The van der Waals surface area contributed by atoms with Crippen LogP contribution in [0.15, 0.2) is 36.4 Å². The van der Waals surface area contributed by atoms with Crippen LogP contribution < -0.4 is 19.5 Å². The van der Waals surface area contributed by atoms with Gasteiger partial charge in [0, 0.05) is 29.3 Å². The van der Waals surface area contributed by atoms with E-state index in [0.717, 1.165) is 5.56 Å². The molecule has 26 heavy (non-hydrogen) atoms. The predicted molar refractivity (Wildman–Crippen MR) is 97.4 cm³/mol. The van der Waals surface area contributed by atoms with E-state index in [2.05, 4.69) is 5.32 Å². The number of Topliss-reactive ketones (excluding diaryl/α,β-unsaturated/α-hetero) is 1. The Hall–Kier alpha value is -3.02. The number of rotatable bonds is 6. The van der Waals surface area contributed by atoms with E-state index in [4.69, 9.17) is 14.2 Å². The fourth-order valence-electron chi connectivity index (χ4n) is 2.97. The summed E-state index contributed by atoms with van der Waals surface area (Å²) in [6, 6.07) is 10.5. The van der Waals surface area contributed by atoms with E-state index in [1.807, 2.05) is 0 Å². The van der Waals surface area contributed by atoms with Gasteiger partial charge in [0.15, 0.2) is 23.4 Å². The van der Waals surface area contributed by atoms with Crippen molar-refractivity contribution >= 4 is 17.4 Å². The third kappa shape index (κ3) is 3.49. The van der Waals surface area contributed by atoms with Gasteiger partial charge in [-0.05, 0) is 31.5 Å².